The van der Waals surface area contributed by atoms with Crippen LogP contribution in [-0.2, 0) is 11.2 Å². The first-order chi connectivity index (χ1) is 7.72. The lowest BCUT2D eigenvalue weighted by molar-refractivity contribution is -0.117. The first-order valence-corrected chi connectivity index (χ1v) is 5.93. The Kier molecular flexibility index (Phi) is 5.62. The van der Waals surface area contributed by atoms with Crippen molar-refractivity contribution in [2.24, 2.45) is 0 Å². The number of rotatable bonds is 7. The number of carbonyl (C=O) groups is 1. The van der Waals surface area contributed by atoms with Gasteiger partial charge in [-0.3, -0.25) is 0 Å². The number of aryl methyl sites for hydroxylation is 1. The summed E-state index contributed by atoms with van der Waals surface area (Å²) in [5, 5.41) is 0. The second-order valence-electron chi connectivity index (χ2n) is 4.01. The van der Waals surface area contributed by atoms with Gasteiger partial charge in [0.05, 0.1) is 6.61 Å². The summed E-state index contributed by atoms with van der Waals surface area (Å²) in [6, 6.07) is 8.17. The Morgan fingerprint density at radius 2 is 2.12 bits per heavy atom. The SMILES string of the molecule is CCc1cccc(OCCCCC(C)=O)c1. The predicted molar refractivity (Wildman–Crippen MR) is 65.8 cm³/mol. The highest BCUT2D eigenvalue weighted by Gasteiger charge is 1.97. The second kappa shape index (κ2) is 7.04. The van der Waals surface area contributed by atoms with Crippen LogP contribution in [0.4, 0.5) is 0 Å². The molecule has 0 aliphatic rings. The zero-order valence-electron chi connectivity index (χ0n) is 10.2. The van der Waals surface area contributed by atoms with Gasteiger partial charge in [-0.15, -0.1) is 0 Å². The first kappa shape index (κ1) is 12.8. The van der Waals surface area contributed by atoms with E-state index in [0.29, 0.717) is 13.0 Å². The van der Waals surface area contributed by atoms with E-state index in [9.17, 15) is 4.79 Å². The Morgan fingerprint density at radius 3 is 2.81 bits per heavy atom. The second-order valence-corrected chi connectivity index (χ2v) is 4.01. The maximum absolute atomic E-state index is 10.7. The van der Waals surface area contributed by atoms with Gasteiger partial charge in [0, 0.05) is 6.42 Å². The minimum absolute atomic E-state index is 0.257. The van der Waals surface area contributed by atoms with Gasteiger partial charge >= 0.3 is 0 Å². The van der Waals surface area contributed by atoms with E-state index >= 15 is 0 Å². The zero-order valence-corrected chi connectivity index (χ0v) is 10.2. The van der Waals surface area contributed by atoms with Gasteiger partial charge in [0.25, 0.3) is 0 Å². The lowest BCUT2D eigenvalue weighted by Gasteiger charge is -2.06. The highest BCUT2D eigenvalue weighted by Crippen LogP contribution is 2.14. The van der Waals surface area contributed by atoms with Crippen molar-refractivity contribution in [2.75, 3.05) is 6.61 Å². The van der Waals surface area contributed by atoms with Crippen LogP contribution in [0.25, 0.3) is 0 Å². The average molecular weight is 220 g/mol. The maximum atomic E-state index is 10.7. The fourth-order valence-electron chi connectivity index (χ4n) is 1.52. The molecule has 0 atom stereocenters. The number of carbonyl (C=O) groups excluding carboxylic acids is 1. The fraction of sp³-hybridized carbons (Fsp3) is 0.500. The Labute approximate surface area is 97.6 Å². The lowest BCUT2D eigenvalue weighted by Crippen LogP contribution is -1.99. The van der Waals surface area contributed by atoms with Crippen molar-refractivity contribution in [3.8, 4) is 5.75 Å². The molecule has 0 saturated heterocycles. The summed E-state index contributed by atoms with van der Waals surface area (Å²) < 4.78 is 5.62. The molecule has 2 nitrogen and oxygen atoms in total. The van der Waals surface area contributed by atoms with Crippen LogP contribution in [0, 0.1) is 0 Å². The molecule has 1 aromatic rings. The molecule has 0 saturated carbocycles. The van der Waals surface area contributed by atoms with E-state index in [0.717, 1.165) is 25.0 Å². The van der Waals surface area contributed by atoms with Crippen molar-refractivity contribution in [1.29, 1.82) is 0 Å². The topological polar surface area (TPSA) is 26.3 Å². The minimum atomic E-state index is 0.257. The quantitative estimate of drug-likeness (QED) is 0.658. The number of hydrogen-bond acceptors (Lipinski definition) is 2. The summed E-state index contributed by atoms with van der Waals surface area (Å²) >= 11 is 0. The van der Waals surface area contributed by atoms with Crippen LogP contribution >= 0.6 is 0 Å². The van der Waals surface area contributed by atoms with Gasteiger partial charge < -0.3 is 9.53 Å². The van der Waals surface area contributed by atoms with Crippen molar-refractivity contribution in [2.45, 2.75) is 39.5 Å². The molecule has 0 spiro atoms. The molecule has 0 aliphatic heterocycles. The van der Waals surface area contributed by atoms with Crippen LogP contribution in [0.15, 0.2) is 24.3 Å². The molecule has 1 rings (SSSR count). The Hall–Kier alpha value is -1.31. The maximum Gasteiger partial charge on any atom is 0.129 e. The number of unbranched alkanes of at least 4 members (excludes halogenated alkanes) is 1. The van der Waals surface area contributed by atoms with Gasteiger partial charge in [-0.1, -0.05) is 19.1 Å². The third-order valence-electron chi connectivity index (χ3n) is 2.50. The predicted octanol–water partition coefficient (Wildman–Crippen LogP) is 3.39. The number of ether oxygens (including phenoxy) is 1. The van der Waals surface area contributed by atoms with E-state index in [2.05, 4.69) is 19.1 Å². The molecule has 0 amide bonds. The molecule has 2 heteroatoms. The molecular formula is C14H20O2. The van der Waals surface area contributed by atoms with Crippen LogP contribution in [0.2, 0.25) is 0 Å². The Bertz CT molecular complexity index is 331. The van der Waals surface area contributed by atoms with Gasteiger partial charge in [-0.05, 0) is 43.9 Å². The van der Waals surface area contributed by atoms with Gasteiger partial charge in [-0.2, -0.15) is 0 Å². The smallest absolute Gasteiger partial charge is 0.129 e. The van der Waals surface area contributed by atoms with E-state index in [1.165, 1.54) is 5.56 Å². The van der Waals surface area contributed by atoms with Crippen LogP contribution in [0.1, 0.15) is 38.7 Å². The normalized spacial score (nSPS) is 10.1. The molecule has 0 unspecified atom stereocenters. The molecule has 16 heavy (non-hydrogen) atoms. The highest BCUT2D eigenvalue weighted by molar-refractivity contribution is 5.75. The zero-order chi connectivity index (χ0) is 11.8. The standard InChI is InChI=1S/C14H20O2/c1-3-13-8-6-9-14(11-13)16-10-5-4-7-12(2)15/h6,8-9,11H,3-5,7,10H2,1-2H3. The highest BCUT2D eigenvalue weighted by atomic mass is 16.5. The summed E-state index contributed by atoms with van der Waals surface area (Å²) in [5.74, 6) is 1.19. The molecular weight excluding hydrogens is 200 g/mol. The summed E-state index contributed by atoms with van der Waals surface area (Å²) in [6.07, 6.45) is 3.55. The van der Waals surface area contributed by atoms with Crippen LogP contribution in [0.3, 0.4) is 0 Å². The summed E-state index contributed by atoms with van der Waals surface area (Å²) in [7, 11) is 0. The van der Waals surface area contributed by atoms with Crippen LogP contribution < -0.4 is 4.74 Å². The Balaban J connectivity index is 2.23. The number of ketones is 1. The molecule has 0 radical (unpaired) electrons. The Morgan fingerprint density at radius 1 is 1.31 bits per heavy atom. The van der Waals surface area contributed by atoms with E-state index in [1.54, 1.807) is 6.92 Å². The first-order valence-electron chi connectivity index (χ1n) is 5.93. The molecule has 0 heterocycles. The van der Waals surface area contributed by atoms with E-state index in [4.69, 9.17) is 4.74 Å². The fourth-order valence-corrected chi connectivity index (χ4v) is 1.52. The molecule has 0 aromatic heterocycles. The van der Waals surface area contributed by atoms with Gasteiger partial charge in [0.1, 0.15) is 11.5 Å². The third-order valence-corrected chi connectivity index (χ3v) is 2.50. The molecule has 0 fully saturated rings. The van der Waals surface area contributed by atoms with Crippen molar-refractivity contribution in [3.63, 3.8) is 0 Å². The van der Waals surface area contributed by atoms with Crippen LogP contribution in [-0.4, -0.2) is 12.4 Å². The van der Waals surface area contributed by atoms with E-state index in [-0.39, 0.29) is 5.78 Å². The number of benzene rings is 1. The van der Waals surface area contributed by atoms with E-state index in [1.807, 2.05) is 12.1 Å². The van der Waals surface area contributed by atoms with Gasteiger partial charge in [0.2, 0.25) is 0 Å². The van der Waals surface area contributed by atoms with Crippen molar-refractivity contribution in [1.82, 2.24) is 0 Å². The minimum Gasteiger partial charge on any atom is -0.494 e. The monoisotopic (exact) mass is 220 g/mol. The van der Waals surface area contributed by atoms with E-state index < -0.39 is 0 Å². The number of Topliss-reactive ketones (excluding diaryl/α,β-unsaturated/α-hetero) is 1. The number of hydrogen-bond donors (Lipinski definition) is 0. The summed E-state index contributed by atoms with van der Waals surface area (Å²) in [4.78, 5) is 10.7. The van der Waals surface area contributed by atoms with Crippen molar-refractivity contribution >= 4 is 5.78 Å². The molecule has 1 aromatic carbocycles. The summed E-state index contributed by atoms with van der Waals surface area (Å²) in [6.45, 7) is 4.46. The van der Waals surface area contributed by atoms with Crippen molar-refractivity contribution < 1.29 is 9.53 Å². The average Bonchev–Trinajstić information content (AvgIpc) is 2.28. The molecule has 0 aliphatic carbocycles. The van der Waals surface area contributed by atoms with Gasteiger partial charge in [0.15, 0.2) is 0 Å². The molecule has 0 bridgehead atoms. The largest absolute Gasteiger partial charge is 0.494 e. The van der Waals surface area contributed by atoms with Crippen LogP contribution in [0.5, 0.6) is 5.75 Å². The summed E-state index contributed by atoms with van der Waals surface area (Å²) in [5.41, 5.74) is 1.29. The van der Waals surface area contributed by atoms with Gasteiger partial charge in [-0.25, -0.2) is 0 Å². The van der Waals surface area contributed by atoms with Crippen molar-refractivity contribution in [3.05, 3.63) is 29.8 Å². The lowest BCUT2D eigenvalue weighted by atomic mass is 10.1. The molecule has 0 N–H and O–H groups in total. The molecule has 88 valence electrons. The third kappa shape index (κ3) is 4.96.